The van der Waals surface area contributed by atoms with Crippen molar-refractivity contribution in [3.63, 3.8) is 0 Å². The Kier molecular flexibility index (Phi) is 5.18. The summed E-state index contributed by atoms with van der Waals surface area (Å²) in [7, 11) is -3.64. The highest BCUT2D eigenvalue weighted by molar-refractivity contribution is 7.89. The van der Waals surface area contributed by atoms with Crippen molar-refractivity contribution in [2.75, 3.05) is 26.2 Å². The van der Waals surface area contributed by atoms with Crippen molar-refractivity contribution in [1.82, 2.24) is 18.6 Å². The Morgan fingerprint density at radius 3 is 2.69 bits per heavy atom. The second-order valence-corrected chi connectivity index (χ2v) is 10.1. The molecule has 4 aromatic rings. The number of nitrogens with zero attached hydrogens (tertiary/aromatic N) is 5. The Labute approximate surface area is 187 Å². The summed E-state index contributed by atoms with van der Waals surface area (Å²) in [6, 6.07) is 15.4. The van der Waals surface area contributed by atoms with E-state index in [0.29, 0.717) is 43.8 Å². The van der Waals surface area contributed by atoms with Gasteiger partial charge in [-0.1, -0.05) is 18.2 Å². The smallest absolute Gasteiger partial charge is 0.245 e. The molecular formula is C24H23N5O2S. The Morgan fingerprint density at radius 2 is 1.91 bits per heavy atom. The maximum absolute atomic E-state index is 13.4. The van der Waals surface area contributed by atoms with Gasteiger partial charge in [0.2, 0.25) is 10.0 Å². The Balaban J connectivity index is 1.35. The molecule has 1 aliphatic heterocycles. The van der Waals surface area contributed by atoms with Crippen LogP contribution in [0.2, 0.25) is 0 Å². The molecule has 0 aliphatic carbocycles. The maximum Gasteiger partial charge on any atom is 0.245 e. The van der Waals surface area contributed by atoms with Crippen molar-refractivity contribution >= 4 is 26.4 Å². The van der Waals surface area contributed by atoms with E-state index in [4.69, 9.17) is 0 Å². The highest BCUT2D eigenvalue weighted by Gasteiger charge is 2.30. The van der Waals surface area contributed by atoms with Crippen LogP contribution in [0.15, 0.2) is 66.0 Å². The van der Waals surface area contributed by atoms with Gasteiger partial charge in [-0.05, 0) is 36.8 Å². The molecule has 0 bridgehead atoms. The molecule has 7 nitrogen and oxygen atoms in total. The summed E-state index contributed by atoms with van der Waals surface area (Å²) in [5, 5.41) is 10.5. The lowest BCUT2D eigenvalue weighted by atomic mass is 10.1. The van der Waals surface area contributed by atoms with Crippen molar-refractivity contribution in [1.29, 1.82) is 5.26 Å². The van der Waals surface area contributed by atoms with Crippen molar-refractivity contribution in [3.05, 3.63) is 77.7 Å². The van der Waals surface area contributed by atoms with Gasteiger partial charge in [0.15, 0.2) is 0 Å². The van der Waals surface area contributed by atoms with Gasteiger partial charge < -0.3 is 4.40 Å². The maximum atomic E-state index is 13.4. The first-order chi connectivity index (χ1) is 15.5. The molecule has 0 spiro atoms. The Hall–Kier alpha value is -3.25. The zero-order chi connectivity index (χ0) is 22.3. The van der Waals surface area contributed by atoms with E-state index >= 15 is 0 Å². The molecule has 5 rings (SSSR count). The number of piperazine rings is 1. The first-order valence-corrected chi connectivity index (χ1v) is 12.0. The van der Waals surface area contributed by atoms with Crippen LogP contribution < -0.4 is 0 Å². The summed E-state index contributed by atoms with van der Waals surface area (Å²) < 4.78 is 30.3. The first-order valence-electron chi connectivity index (χ1n) is 10.5. The predicted octanol–water partition coefficient (Wildman–Crippen LogP) is 3.17. The highest BCUT2D eigenvalue weighted by atomic mass is 32.2. The molecule has 1 fully saturated rings. The molecular weight excluding hydrogens is 422 g/mol. The summed E-state index contributed by atoms with van der Waals surface area (Å²) in [6.07, 6.45) is 5.62. The van der Waals surface area contributed by atoms with Gasteiger partial charge in [-0.3, -0.25) is 9.88 Å². The fourth-order valence-electron chi connectivity index (χ4n) is 4.39. The summed E-state index contributed by atoms with van der Waals surface area (Å²) in [6.45, 7) is 4.58. The number of rotatable bonds is 4. The number of fused-ring (bicyclic) bond motifs is 2. The zero-order valence-corrected chi connectivity index (χ0v) is 18.6. The molecule has 3 aromatic heterocycles. The van der Waals surface area contributed by atoms with Gasteiger partial charge in [-0.25, -0.2) is 8.42 Å². The predicted molar refractivity (Wildman–Crippen MR) is 123 cm³/mol. The second kappa shape index (κ2) is 8.02. The first kappa shape index (κ1) is 20.6. The molecule has 0 saturated carbocycles. The largest absolute Gasteiger partial charge is 0.322 e. The third kappa shape index (κ3) is 3.54. The van der Waals surface area contributed by atoms with Crippen LogP contribution in [-0.2, 0) is 16.6 Å². The molecule has 0 radical (unpaired) electrons. The third-order valence-corrected chi connectivity index (χ3v) is 7.96. The minimum atomic E-state index is -3.64. The van der Waals surface area contributed by atoms with Crippen molar-refractivity contribution in [2.45, 2.75) is 18.4 Å². The molecule has 0 amide bonds. The topological polar surface area (TPSA) is 81.7 Å². The van der Waals surface area contributed by atoms with Crippen LogP contribution in [0.3, 0.4) is 0 Å². The standard InChI is InChI=1S/C24H23N5O2S/c1-18-13-19-5-4-7-23(24(19)26-15-18)32(30,31)29-11-9-27(10-12-29)16-20-17-28-8-3-2-6-22(28)21(20)14-25/h2-8,13,15,17H,9-12,16H2,1H3. The van der Waals surface area contributed by atoms with E-state index in [1.165, 1.54) is 0 Å². The van der Waals surface area contributed by atoms with Crippen molar-refractivity contribution in [2.24, 2.45) is 0 Å². The van der Waals surface area contributed by atoms with E-state index in [9.17, 15) is 13.7 Å². The normalized spacial score (nSPS) is 15.9. The Bertz CT molecular complexity index is 1460. The monoisotopic (exact) mass is 445 g/mol. The van der Waals surface area contributed by atoms with Crippen LogP contribution in [0.4, 0.5) is 0 Å². The van der Waals surface area contributed by atoms with E-state index in [1.54, 1.807) is 22.6 Å². The fraction of sp³-hybridized carbons (Fsp3) is 0.250. The van der Waals surface area contributed by atoms with Crippen LogP contribution in [-0.4, -0.2) is 53.2 Å². The molecule has 1 saturated heterocycles. The average Bonchev–Trinajstić information content (AvgIpc) is 3.15. The quantitative estimate of drug-likeness (QED) is 0.482. The number of para-hydroxylation sites is 1. The number of hydrogen-bond acceptors (Lipinski definition) is 5. The summed E-state index contributed by atoms with van der Waals surface area (Å²) in [5.41, 5.74) is 4.04. The number of sulfonamides is 1. The molecule has 4 heterocycles. The summed E-state index contributed by atoms with van der Waals surface area (Å²) in [4.78, 5) is 6.86. The van der Waals surface area contributed by atoms with Crippen LogP contribution in [0.1, 0.15) is 16.7 Å². The number of pyridine rings is 2. The molecule has 32 heavy (non-hydrogen) atoms. The minimum absolute atomic E-state index is 0.258. The SMILES string of the molecule is Cc1cnc2c(S(=O)(=O)N3CCN(Cc4cn5ccccc5c4C#N)CC3)cccc2c1. The van der Waals surface area contributed by atoms with E-state index < -0.39 is 10.0 Å². The van der Waals surface area contributed by atoms with Crippen LogP contribution >= 0.6 is 0 Å². The zero-order valence-electron chi connectivity index (χ0n) is 17.8. The van der Waals surface area contributed by atoms with Crippen LogP contribution in [0.25, 0.3) is 16.4 Å². The second-order valence-electron chi connectivity index (χ2n) is 8.16. The molecule has 1 aliphatic rings. The average molecular weight is 446 g/mol. The van der Waals surface area contributed by atoms with Gasteiger partial charge in [0.05, 0.1) is 16.6 Å². The van der Waals surface area contributed by atoms with Gasteiger partial charge in [0, 0.05) is 62.3 Å². The van der Waals surface area contributed by atoms with E-state index in [0.717, 1.165) is 22.0 Å². The lowest BCUT2D eigenvalue weighted by Gasteiger charge is -2.34. The minimum Gasteiger partial charge on any atom is -0.322 e. The number of aryl methyl sites for hydroxylation is 1. The fourth-order valence-corrected chi connectivity index (χ4v) is 5.97. The molecule has 0 N–H and O–H groups in total. The summed E-state index contributed by atoms with van der Waals surface area (Å²) >= 11 is 0. The van der Waals surface area contributed by atoms with Gasteiger partial charge in [-0.2, -0.15) is 9.57 Å². The van der Waals surface area contributed by atoms with Gasteiger partial charge in [-0.15, -0.1) is 0 Å². The number of benzene rings is 1. The summed E-state index contributed by atoms with van der Waals surface area (Å²) in [5.74, 6) is 0. The van der Waals surface area contributed by atoms with Crippen molar-refractivity contribution in [3.8, 4) is 6.07 Å². The highest BCUT2D eigenvalue weighted by Crippen LogP contribution is 2.26. The van der Waals surface area contributed by atoms with Gasteiger partial charge in [0.1, 0.15) is 11.0 Å². The van der Waals surface area contributed by atoms with E-state index in [2.05, 4.69) is 16.0 Å². The van der Waals surface area contributed by atoms with Gasteiger partial charge in [0.25, 0.3) is 0 Å². The number of aromatic nitrogens is 2. The number of nitriles is 1. The van der Waals surface area contributed by atoms with E-state index in [1.807, 2.05) is 54.0 Å². The van der Waals surface area contributed by atoms with Crippen molar-refractivity contribution < 1.29 is 8.42 Å². The Morgan fingerprint density at radius 1 is 1.09 bits per heavy atom. The molecule has 0 atom stereocenters. The number of hydrogen-bond donors (Lipinski definition) is 0. The molecule has 0 unspecified atom stereocenters. The molecule has 8 heteroatoms. The molecule has 1 aromatic carbocycles. The van der Waals surface area contributed by atoms with Crippen LogP contribution in [0, 0.1) is 18.3 Å². The van der Waals surface area contributed by atoms with Crippen LogP contribution in [0.5, 0.6) is 0 Å². The van der Waals surface area contributed by atoms with E-state index in [-0.39, 0.29) is 4.90 Å². The third-order valence-electron chi connectivity index (χ3n) is 6.03. The lowest BCUT2D eigenvalue weighted by molar-refractivity contribution is 0.181. The molecule has 162 valence electrons. The van der Waals surface area contributed by atoms with Gasteiger partial charge >= 0.3 is 0 Å². The lowest BCUT2D eigenvalue weighted by Crippen LogP contribution is -2.48.